The number of thiazole rings is 1. The number of amides is 1. The molecule has 15 heteroatoms. The largest absolute Gasteiger partial charge is 0.417 e. The lowest BCUT2D eigenvalue weighted by atomic mass is 9.94. The van der Waals surface area contributed by atoms with Gasteiger partial charge >= 0.3 is 11.9 Å². The van der Waals surface area contributed by atoms with E-state index in [1.807, 2.05) is 18.7 Å². The molecular weight excluding hydrogens is 638 g/mol. The van der Waals surface area contributed by atoms with E-state index in [1.165, 1.54) is 46.6 Å². The van der Waals surface area contributed by atoms with E-state index in [9.17, 15) is 9.59 Å². The number of hydrogen-bond acceptors (Lipinski definition) is 10. The first-order valence-corrected chi connectivity index (χ1v) is 17.5. The second kappa shape index (κ2) is 10.1. The van der Waals surface area contributed by atoms with Crippen LogP contribution in [0.5, 0.6) is 0 Å². The zero-order valence-corrected chi connectivity index (χ0v) is 26.5. The number of aromatic nitrogens is 3. The van der Waals surface area contributed by atoms with Crippen LogP contribution in [0, 0.1) is 5.41 Å². The van der Waals surface area contributed by atoms with E-state index in [0.29, 0.717) is 46.2 Å². The number of anilines is 2. The topological polar surface area (TPSA) is 97.4 Å². The molecule has 2 fully saturated rings. The zero-order chi connectivity index (χ0) is 30.4. The minimum absolute atomic E-state index is 0.0489. The van der Waals surface area contributed by atoms with E-state index in [2.05, 4.69) is 16.5 Å². The van der Waals surface area contributed by atoms with Gasteiger partial charge in [-0.15, -0.1) is 23.1 Å². The highest BCUT2D eigenvalue weighted by molar-refractivity contribution is 8.01. The molecule has 0 bridgehead atoms. The van der Waals surface area contributed by atoms with Crippen LogP contribution in [0.4, 0.5) is 24.1 Å². The molecule has 6 heterocycles. The zero-order valence-electron chi connectivity index (χ0n) is 23.2. The predicted octanol–water partition coefficient (Wildman–Crippen LogP) is 5.79. The molecule has 3 aromatic heterocycles. The van der Waals surface area contributed by atoms with E-state index in [1.54, 1.807) is 26.6 Å². The van der Waals surface area contributed by atoms with E-state index < -0.39 is 17.4 Å². The van der Waals surface area contributed by atoms with Crippen LogP contribution in [0.3, 0.4) is 0 Å². The third kappa shape index (κ3) is 4.56. The summed E-state index contributed by atoms with van der Waals surface area (Å²) >= 11 is 5.62. The summed E-state index contributed by atoms with van der Waals surface area (Å²) in [5.41, 5.74) is 5.46. The Kier molecular flexibility index (Phi) is 6.84. The van der Waals surface area contributed by atoms with Gasteiger partial charge in [0.1, 0.15) is 11.3 Å². The average molecular weight is 665 g/mol. The van der Waals surface area contributed by atoms with Crippen molar-refractivity contribution in [3.63, 3.8) is 0 Å². The van der Waals surface area contributed by atoms with Gasteiger partial charge in [0.05, 0.1) is 20.7 Å². The number of alkyl halides is 3. The molecule has 0 saturated carbocycles. The summed E-state index contributed by atoms with van der Waals surface area (Å²) in [7, 11) is 0. The highest BCUT2D eigenvalue weighted by Crippen LogP contribution is 2.54. The predicted molar refractivity (Wildman–Crippen MR) is 171 cm³/mol. The lowest BCUT2D eigenvalue weighted by molar-refractivity contribution is -0.137. The second-order valence-corrected chi connectivity index (χ2v) is 15.4. The van der Waals surface area contributed by atoms with Crippen molar-refractivity contribution in [1.82, 2.24) is 19.4 Å². The number of nitrogens with zero attached hydrogens (tertiary/aromatic N) is 5. The van der Waals surface area contributed by atoms with Crippen LogP contribution >= 0.6 is 46.2 Å². The summed E-state index contributed by atoms with van der Waals surface area (Å²) in [6.45, 7) is 8.37. The number of nitrogens with two attached hydrogens (primary N) is 1. The quantitative estimate of drug-likeness (QED) is 0.275. The fourth-order valence-corrected chi connectivity index (χ4v) is 11.4. The monoisotopic (exact) mass is 664 g/mol. The Hall–Kier alpha value is -2.75. The Morgan fingerprint density at radius 3 is 2.53 bits per heavy atom. The van der Waals surface area contributed by atoms with Crippen molar-refractivity contribution in [2.75, 3.05) is 41.0 Å². The number of benzene rings is 1. The summed E-state index contributed by atoms with van der Waals surface area (Å²) in [5.74, 6) is 2.24. The van der Waals surface area contributed by atoms with Crippen molar-refractivity contribution in [2.45, 2.75) is 43.5 Å². The maximum atomic E-state index is 15.1. The molecule has 43 heavy (non-hydrogen) atoms. The molecule has 4 aromatic rings. The van der Waals surface area contributed by atoms with Gasteiger partial charge in [0.25, 0.3) is 0 Å². The fourth-order valence-electron chi connectivity index (χ4n) is 6.51. The van der Waals surface area contributed by atoms with Gasteiger partial charge in [0, 0.05) is 75.6 Å². The number of halogens is 3. The van der Waals surface area contributed by atoms with Gasteiger partial charge in [-0.25, -0.2) is 9.78 Å². The maximum absolute atomic E-state index is 15.1. The molecule has 0 unspecified atom stereocenters. The molecule has 2 saturated heterocycles. The summed E-state index contributed by atoms with van der Waals surface area (Å²) in [6, 6.07) is 0.617. The van der Waals surface area contributed by atoms with Crippen LogP contribution in [0.2, 0.25) is 0 Å². The highest BCUT2D eigenvalue weighted by atomic mass is 32.2. The molecule has 1 aromatic carbocycles. The van der Waals surface area contributed by atoms with E-state index in [4.69, 9.17) is 5.73 Å². The number of rotatable bonds is 3. The number of fused-ring (bicyclic) bond motifs is 1. The molecule has 3 aliphatic rings. The molecule has 3 aliphatic heterocycles. The molecule has 0 radical (unpaired) electrons. The smallest absolute Gasteiger partial charge is 0.375 e. The highest BCUT2D eigenvalue weighted by Gasteiger charge is 2.45. The van der Waals surface area contributed by atoms with Gasteiger partial charge < -0.3 is 15.5 Å². The lowest BCUT2D eigenvalue weighted by Crippen LogP contribution is -2.58. The van der Waals surface area contributed by atoms with Gasteiger partial charge in [-0.2, -0.15) is 29.9 Å². The third-order valence-electron chi connectivity index (χ3n) is 8.38. The lowest BCUT2D eigenvalue weighted by Gasteiger charge is -2.44. The molecule has 1 spiro atoms. The number of nitrogen functional groups attached to an aromatic ring is 1. The number of thioether (sulfide) groups is 2. The van der Waals surface area contributed by atoms with Crippen LogP contribution in [0.15, 0.2) is 33.8 Å². The minimum atomic E-state index is -4.69. The standard InChI is InChI=1S/C28H27F3N6O2S4/c1-4-18(38)37-13(2)6-35(7-14(37)3)24-15-5-16(28(29,30)31)19(22-20-17(8-41-22)43-25(32)33-20)23-21(15)36(26(39)34-24)9-27(12-42-23)10-40-11-27/h4-5,8,13-14H,1,6-7,9-12H2,2-3H3,(H2,32,33)/t13-,14+. The first kappa shape index (κ1) is 29.0. The van der Waals surface area contributed by atoms with Gasteiger partial charge in [0.2, 0.25) is 5.91 Å². The Labute approximate surface area is 261 Å². The molecule has 1 amide bonds. The Bertz CT molecular complexity index is 1870. The van der Waals surface area contributed by atoms with Gasteiger partial charge in [0.15, 0.2) is 5.13 Å². The second-order valence-electron chi connectivity index (χ2n) is 11.5. The molecule has 8 nitrogen and oxygen atoms in total. The van der Waals surface area contributed by atoms with Crippen molar-refractivity contribution in [1.29, 1.82) is 0 Å². The molecule has 2 atom stereocenters. The SMILES string of the molecule is C=CC(=O)N1[C@H](C)CN(c2nc(=O)n3c4c(c(-c5scc6sc(N)nc56)c(C(F)(F)F)cc24)SCC2(CSC2)C3)C[C@@H]1C. The van der Waals surface area contributed by atoms with E-state index in [0.717, 1.165) is 16.2 Å². The van der Waals surface area contributed by atoms with Gasteiger partial charge in [-0.3, -0.25) is 9.36 Å². The molecule has 0 aliphatic carbocycles. The summed E-state index contributed by atoms with van der Waals surface area (Å²) in [5, 5.41) is 2.37. The van der Waals surface area contributed by atoms with Crippen LogP contribution < -0.4 is 16.3 Å². The summed E-state index contributed by atoms with van der Waals surface area (Å²) in [6.07, 6.45) is -3.43. The van der Waals surface area contributed by atoms with Gasteiger partial charge in [-0.1, -0.05) is 17.9 Å². The van der Waals surface area contributed by atoms with Crippen molar-refractivity contribution >= 4 is 84.2 Å². The van der Waals surface area contributed by atoms with Crippen molar-refractivity contribution in [2.24, 2.45) is 5.41 Å². The van der Waals surface area contributed by atoms with Crippen molar-refractivity contribution in [3.05, 3.63) is 40.1 Å². The maximum Gasteiger partial charge on any atom is 0.417 e. The molecule has 7 rings (SSSR count). The van der Waals surface area contributed by atoms with Crippen LogP contribution in [-0.4, -0.2) is 67.8 Å². The van der Waals surface area contributed by atoms with Crippen molar-refractivity contribution < 1.29 is 18.0 Å². The van der Waals surface area contributed by atoms with Crippen molar-refractivity contribution in [3.8, 4) is 10.4 Å². The van der Waals surface area contributed by atoms with Crippen LogP contribution in [-0.2, 0) is 17.5 Å². The Morgan fingerprint density at radius 1 is 1.19 bits per heavy atom. The van der Waals surface area contributed by atoms with Crippen LogP contribution in [0.1, 0.15) is 19.4 Å². The Morgan fingerprint density at radius 2 is 1.91 bits per heavy atom. The number of carbonyl (C=O) groups is 1. The normalized spacial score (nSPS) is 21.8. The first-order chi connectivity index (χ1) is 20.4. The number of carbonyl (C=O) groups excluding carboxylic acids is 1. The van der Waals surface area contributed by atoms with E-state index >= 15 is 13.2 Å². The third-order valence-corrected chi connectivity index (χ3v) is 13.4. The molecule has 226 valence electrons. The number of piperazine rings is 1. The number of thiophene rings is 1. The van der Waals surface area contributed by atoms with Crippen LogP contribution in [0.25, 0.3) is 31.6 Å². The number of hydrogen-bond donors (Lipinski definition) is 1. The Balaban J connectivity index is 1.52. The first-order valence-electron chi connectivity index (χ1n) is 13.6. The minimum Gasteiger partial charge on any atom is -0.375 e. The molecular formula is C28H27F3N6O2S4. The summed E-state index contributed by atoms with van der Waals surface area (Å²) in [4.78, 5) is 39.7. The van der Waals surface area contributed by atoms with Gasteiger partial charge in [-0.05, 0) is 26.0 Å². The molecule has 2 N–H and O–H groups in total. The van der Waals surface area contributed by atoms with E-state index in [-0.39, 0.29) is 45.3 Å². The summed E-state index contributed by atoms with van der Waals surface area (Å²) < 4.78 is 47.6. The average Bonchev–Trinajstić information content (AvgIpc) is 3.41. The fraction of sp³-hybridized carbons (Fsp3) is 0.429.